The lowest BCUT2D eigenvalue weighted by atomic mass is 10.1. The number of hydrogen-bond donors (Lipinski definition) is 1. The van der Waals surface area contributed by atoms with E-state index >= 15 is 0 Å². The lowest BCUT2D eigenvalue weighted by Crippen LogP contribution is -2.35. The molecule has 1 amide bonds. The second-order valence-corrected chi connectivity index (χ2v) is 5.28. The van der Waals surface area contributed by atoms with Crippen LogP contribution in [-0.4, -0.2) is 25.1 Å². The second-order valence-electron chi connectivity index (χ2n) is 5.28. The van der Waals surface area contributed by atoms with E-state index in [0.717, 1.165) is 11.3 Å². The summed E-state index contributed by atoms with van der Waals surface area (Å²) in [6.07, 6.45) is 1.44. The fraction of sp³-hybridized carbons (Fsp3) is 0.333. The Bertz CT molecular complexity index is 649. The Kier molecular flexibility index (Phi) is 6.42. The SMILES string of the molecule is COc1ccc(CCC(=O)O[C@H](C)C(=O)NCc2ccco2)cc1. The minimum Gasteiger partial charge on any atom is -0.497 e. The summed E-state index contributed by atoms with van der Waals surface area (Å²) in [5.74, 6) is 0.639. The molecule has 1 heterocycles. The van der Waals surface area contributed by atoms with E-state index in [1.807, 2.05) is 24.3 Å². The highest BCUT2D eigenvalue weighted by atomic mass is 16.5. The molecule has 0 fully saturated rings. The van der Waals surface area contributed by atoms with Crippen LogP contribution in [0.3, 0.4) is 0 Å². The lowest BCUT2D eigenvalue weighted by Gasteiger charge is -2.13. The van der Waals surface area contributed by atoms with Gasteiger partial charge in [0.1, 0.15) is 11.5 Å². The maximum absolute atomic E-state index is 11.9. The van der Waals surface area contributed by atoms with E-state index in [4.69, 9.17) is 13.9 Å². The van der Waals surface area contributed by atoms with E-state index in [-0.39, 0.29) is 18.9 Å². The first-order valence-electron chi connectivity index (χ1n) is 7.71. The van der Waals surface area contributed by atoms with Crippen molar-refractivity contribution in [3.05, 3.63) is 54.0 Å². The molecule has 0 aliphatic rings. The zero-order valence-corrected chi connectivity index (χ0v) is 13.8. The maximum atomic E-state index is 11.9. The molecular formula is C18H21NO5. The molecule has 0 unspecified atom stereocenters. The van der Waals surface area contributed by atoms with E-state index < -0.39 is 12.1 Å². The summed E-state index contributed by atoms with van der Waals surface area (Å²) in [6, 6.07) is 11.0. The van der Waals surface area contributed by atoms with Crippen LogP contribution in [-0.2, 0) is 27.3 Å². The number of nitrogens with one attached hydrogen (secondary N) is 1. The van der Waals surface area contributed by atoms with Crippen molar-refractivity contribution < 1.29 is 23.5 Å². The molecule has 6 heteroatoms. The standard InChI is InChI=1S/C18H21NO5/c1-13(18(21)19-12-16-4-3-11-23-16)24-17(20)10-7-14-5-8-15(22-2)9-6-14/h3-6,8-9,11,13H,7,10,12H2,1-2H3,(H,19,21)/t13-/m1/s1. The van der Waals surface area contributed by atoms with Gasteiger partial charge >= 0.3 is 5.97 Å². The molecule has 2 aromatic rings. The number of carbonyl (C=O) groups excluding carboxylic acids is 2. The molecule has 0 saturated heterocycles. The van der Waals surface area contributed by atoms with Gasteiger partial charge in [-0.2, -0.15) is 0 Å². The molecule has 0 spiro atoms. The molecule has 0 saturated carbocycles. The minimum absolute atomic E-state index is 0.210. The van der Waals surface area contributed by atoms with Crippen molar-refractivity contribution >= 4 is 11.9 Å². The monoisotopic (exact) mass is 331 g/mol. The van der Waals surface area contributed by atoms with Crippen molar-refractivity contribution in [3.8, 4) is 5.75 Å². The van der Waals surface area contributed by atoms with E-state index in [9.17, 15) is 9.59 Å². The number of carbonyl (C=O) groups is 2. The second kappa shape index (κ2) is 8.76. The van der Waals surface area contributed by atoms with Gasteiger partial charge in [-0.1, -0.05) is 12.1 Å². The summed E-state index contributed by atoms with van der Waals surface area (Å²) >= 11 is 0. The minimum atomic E-state index is -0.844. The molecule has 0 bridgehead atoms. The number of benzene rings is 1. The van der Waals surface area contributed by atoms with Gasteiger partial charge in [0.2, 0.25) is 0 Å². The Hall–Kier alpha value is -2.76. The third-order valence-electron chi connectivity index (χ3n) is 3.47. The van der Waals surface area contributed by atoms with Gasteiger partial charge in [-0.3, -0.25) is 9.59 Å². The van der Waals surface area contributed by atoms with Gasteiger partial charge in [-0.05, 0) is 43.2 Å². The summed E-state index contributed by atoms with van der Waals surface area (Å²) in [5.41, 5.74) is 1.00. The Labute approximate surface area is 140 Å². The molecule has 0 radical (unpaired) electrons. The Morgan fingerprint density at radius 1 is 1.21 bits per heavy atom. The van der Waals surface area contributed by atoms with Gasteiger partial charge in [0.25, 0.3) is 5.91 Å². The number of ether oxygens (including phenoxy) is 2. The normalized spacial score (nSPS) is 11.6. The maximum Gasteiger partial charge on any atom is 0.306 e. The molecule has 1 atom stereocenters. The zero-order valence-electron chi connectivity index (χ0n) is 13.8. The third kappa shape index (κ3) is 5.46. The third-order valence-corrected chi connectivity index (χ3v) is 3.47. The lowest BCUT2D eigenvalue weighted by molar-refractivity contribution is -0.154. The molecular weight excluding hydrogens is 310 g/mol. The fourth-order valence-corrected chi connectivity index (χ4v) is 2.08. The van der Waals surface area contributed by atoms with Crippen LogP contribution in [0.4, 0.5) is 0 Å². The van der Waals surface area contributed by atoms with Crippen LogP contribution >= 0.6 is 0 Å². The van der Waals surface area contributed by atoms with Crippen molar-refractivity contribution in [3.63, 3.8) is 0 Å². The van der Waals surface area contributed by atoms with Crippen LogP contribution in [0.15, 0.2) is 47.1 Å². The first-order valence-corrected chi connectivity index (χ1v) is 7.71. The van der Waals surface area contributed by atoms with Gasteiger partial charge in [-0.25, -0.2) is 0 Å². The zero-order chi connectivity index (χ0) is 17.4. The Morgan fingerprint density at radius 3 is 2.58 bits per heavy atom. The number of rotatable bonds is 8. The Morgan fingerprint density at radius 2 is 1.96 bits per heavy atom. The topological polar surface area (TPSA) is 77.8 Å². The summed E-state index contributed by atoms with van der Waals surface area (Å²) in [7, 11) is 1.60. The molecule has 1 aromatic carbocycles. The first-order chi connectivity index (χ1) is 11.6. The van der Waals surface area contributed by atoms with Crippen LogP contribution in [0, 0.1) is 0 Å². The van der Waals surface area contributed by atoms with Crippen LogP contribution in [0.1, 0.15) is 24.7 Å². The molecule has 1 N–H and O–H groups in total. The van der Waals surface area contributed by atoms with Crippen LogP contribution in [0.25, 0.3) is 0 Å². The predicted molar refractivity (Wildman–Crippen MR) is 87.4 cm³/mol. The smallest absolute Gasteiger partial charge is 0.306 e. The number of amides is 1. The molecule has 0 aliphatic heterocycles. The van der Waals surface area contributed by atoms with Crippen molar-refractivity contribution in [2.24, 2.45) is 0 Å². The quantitative estimate of drug-likeness (QED) is 0.752. The van der Waals surface area contributed by atoms with Crippen LogP contribution in [0.2, 0.25) is 0 Å². The Balaban J connectivity index is 1.71. The summed E-state index contributed by atoms with van der Waals surface area (Å²) < 4.78 is 15.3. The van der Waals surface area contributed by atoms with Gasteiger partial charge < -0.3 is 19.2 Å². The average Bonchev–Trinajstić information content (AvgIpc) is 3.11. The van der Waals surface area contributed by atoms with E-state index in [2.05, 4.69) is 5.32 Å². The number of methoxy groups -OCH3 is 1. The summed E-state index contributed by atoms with van der Waals surface area (Å²) in [4.78, 5) is 23.7. The average molecular weight is 331 g/mol. The van der Waals surface area contributed by atoms with E-state index in [1.54, 1.807) is 26.2 Å². The van der Waals surface area contributed by atoms with Gasteiger partial charge in [0, 0.05) is 6.42 Å². The highest BCUT2D eigenvalue weighted by Crippen LogP contribution is 2.13. The molecule has 1 aromatic heterocycles. The summed E-state index contributed by atoms with van der Waals surface area (Å²) in [6.45, 7) is 1.81. The molecule has 2 rings (SSSR count). The van der Waals surface area contributed by atoms with Crippen LogP contribution in [0.5, 0.6) is 5.75 Å². The van der Waals surface area contributed by atoms with Crippen molar-refractivity contribution in [1.82, 2.24) is 5.32 Å². The van der Waals surface area contributed by atoms with Crippen molar-refractivity contribution in [2.45, 2.75) is 32.4 Å². The molecule has 24 heavy (non-hydrogen) atoms. The van der Waals surface area contributed by atoms with Gasteiger partial charge in [0.05, 0.1) is 19.9 Å². The van der Waals surface area contributed by atoms with E-state index in [1.165, 1.54) is 6.26 Å². The number of aryl methyl sites for hydroxylation is 1. The largest absolute Gasteiger partial charge is 0.497 e. The predicted octanol–water partition coefficient (Wildman–Crippen LogP) is 2.47. The molecule has 6 nitrogen and oxygen atoms in total. The number of hydrogen-bond acceptors (Lipinski definition) is 5. The van der Waals surface area contributed by atoms with E-state index in [0.29, 0.717) is 12.2 Å². The van der Waals surface area contributed by atoms with Gasteiger partial charge in [-0.15, -0.1) is 0 Å². The summed E-state index contributed by atoms with van der Waals surface area (Å²) in [5, 5.41) is 2.65. The highest BCUT2D eigenvalue weighted by Gasteiger charge is 2.17. The highest BCUT2D eigenvalue weighted by molar-refractivity contribution is 5.83. The van der Waals surface area contributed by atoms with Crippen molar-refractivity contribution in [2.75, 3.05) is 7.11 Å². The first kappa shape index (κ1) is 17.6. The van der Waals surface area contributed by atoms with Gasteiger partial charge in [0.15, 0.2) is 6.10 Å². The van der Waals surface area contributed by atoms with Crippen LogP contribution < -0.4 is 10.1 Å². The number of furan rings is 1. The number of esters is 1. The molecule has 128 valence electrons. The molecule has 0 aliphatic carbocycles. The van der Waals surface area contributed by atoms with Crippen molar-refractivity contribution in [1.29, 1.82) is 0 Å². The fourth-order valence-electron chi connectivity index (χ4n) is 2.08.